The van der Waals surface area contributed by atoms with Crippen LogP contribution in [-0.2, 0) is 6.54 Å². The highest BCUT2D eigenvalue weighted by atomic mass is 19.1. The first kappa shape index (κ1) is 16.7. The van der Waals surface area contributed by atoms with E-state index in [-0.39, 0.29) is 24.4 Å². The van der Waals surface area contributed by atoms with Crippen molar-refractivity contribution in [3.63, 3.8) is 0 Å². The van der Waals surface area contributed by atoms with Crippen LogP contribution >= 0.6 is 0 Å². The lowest BCUT2D eigenvalue weighted by atomic mass is 10.1. The van der Waals surface area contributed by atoms with Crippen molar-refractivity contribution in [3.8, 4) is 0 Å². The maximum Gasteiger partial charge on any atom is 0.155 e. The standard InChI is InChI=1S/C18H20F2N6/c19-13-10-22-11-15(18(13)26-7-5-21-6-8-26)25-9-12-1-2-14-17(16(12)20)24-4-3-23-14/h1-4,11,21-22,25H,5-10H2. The van der Waals surface area contributed by atoms with Crippen molar-refractivity contribution in [2.75, 3.05) is 32.7 Å². The molecule has 0 amide bonds. The Morgan fingerprint density at radius 1 is 1.12 bits per heavy atom. The van der Waals surface area contributed by atoms with Crippen LogP contribution in [0.1, 0.15) is 5.56 Å². The molecule has 1 aromatic carbocycles. The molecule has 6 nitrogen and oxygen atoms in total. The summed E-state index contributed by atoms with van der Waals surface area (Å²) in [5.41, 5.74) is 2.41. The van der Waals surface area contributed by atoms with Crippen molar-refractivity contribution in [1.82, 2.24) is 30.8 Å². The van der Waals surface area contributed by atoms with Gasteiger partial charge in [0.15, 0.2) is 5.82 Å². The molecule has 3 N–H and O–H groups in total. The van der Waals surface area contributed by atoms with Crippen molar-refractivity contribution in [3.05, 3.63) is 59.3 Å². The molecule has 1 fully saturated rings. The van der Waals surface area contributed by atoms with Gasteiger partial charge >= 0.3 is 0 Å². The molecule has 0 atom stereocenters. The lowest BCUT2D eigenvalue weighted by molar-refractivity contribution is 0.287. The molecule has 0 saturated carbocycles. The van der Waals surface area contributed by atoms with E-state index in [9.17, 15) is 8.78 Å². The Labute approximate surface area is 150 Å². The quantitative estimate of drug-likeness (QED) is 0.768. The predicted molar refractivity (Wildman–Crippen MR) is 95.0 cm³/mol. The zero-order valence-electron chi connectivity index (χ0n) is 14.2. The molecule has 8 heteroatoms. The minimum atomic E-state index is -0.402. The number of benzene rings is 1. The molecule has 0 aliphatic carbocycles. The van der Waals surface area contributed by atoms with Crippen LogP contribution in [0, 0.1) is 5.82 Å². The summed E-state index contributed by atoms with van der Waals surface area (Å²) < 4.78 is 29.1. The molecule has 2 aliphatic heterocycles. The number of rotatable bonds is 4. The van der Waals surface area contributed by atoms with Crippen LogP contribution in [0.25, 0.3) is 11.0 Å². The molecule has 0 spiro atoms. The Kier molecular flexibility index (Phi) is 4.66. The molecule has 4 rings (SSSR count). The Balaban J connectivity index is 1.55. The van der Waals surface area contributed by atoms with Crippen molar-refractivity contribution < 1.29 is 8.78 Å². The topological polar surface area (TPSA) is 65.1 Å². The van der Waals surface area contributed by atoms with Crippen LogP contribution in [0.5, 0.6) is 0 Å². The van der Waals surface area contributed by atoms with Crippen LogP contribution < -0.4 is 16.0 Å². The fraction of sp³-hybridized carbons (Fsp3) is 0.333. The van der Waals surface area contributed by atoms with Gasteiger partial charge in [-0.1, -0.05) is 6.07 Å². The van der Waals surface area contributed by atoms with Crippen molar-refractivity contribution in [2.45, 2.75) is 6.54 Å². The van der Waals surface area contributed by atoms with E-state index in [1.807, 2.05) is 4.90 Å². The zero-order valence-corrected chi connectivity index (χ0v) is 14.2. The predicted octanol–water partition coefficient (Wildman–Crippen LogP) is 1.39. The molecule has 26 heavy (non-hydrogen) atoms. The minimum Gasteiger partial charge on any atom is -0.383 e. The van der Waals surface area contributed by atoms with Gasteiger partial charge in [0.2, 0.25) is 0 Å². The SMILES string of the molecule is FC1=C(N2CCNCC2)C(NCc2ccc3nccnc3c2F)=CNC1. The summed E-state index contributed by atoms with van der Waals surface area (Å²) in [5.74, 6) is -0.609. The third kappa shape index (κ3) is 3.20. The summed E-state index contributed by atoms with van der Waals surface area (Å²) in [6.07, 6.45) is 4.75. The summed E-state index contributed by atoms with van der Waals surface area (Å²) in [6, 6.07) is 3.42. The van der Waals surface area contributed by atoms with E-state index in [1.165, 1.54) is 12.4 Å². The molecular formula is C18H20F2N6. The molecule has 2 aromatic rings. The second-order valence-corrected chi connectivity index (χ2v) is 6.25. The maximum absolute atomic E-state index is 14.7. The molecular weight excluding hydrogens is 338 g/mol. The number of piperazine rings is 1. The van der Waals surface area contributed by atoms with Gasteiger partial charge in [0, 0.05) is 56.9 Å². The van der Waals surface area contributed by atoms with Gasteiger partial charge < -0.3 is 20.9 Å². The van der Waals surface area contributed by atoms with Crippen molar-refractivity contribution in [1.29, 1.82) is 0 Å². The van der Waals surface area contributed by atoms with Gasteiger partial charge in [-0.2, -0.15) is 0 Å². The van der Waals surface area contributed by atoms with Gasteiger partial charge in [0.25, 0.3) is 0 Å². The lowest BCUT2D eigenvalue weighted by Gasteiger charge is -2.34. The van der Waals surface area contributed by atoms with E-state index in [0.29, 0.717) is 22.5 Å². The zero-order chi connectivity index (χ0) is 17.9. The van der Waals surface area contributed by atoms with Crippen molar-refractivity contribution in [2.24, 2.45) is 0 Å². The fourth-order valence-electron chi connectivity index (χ4n) is 3.28. The van der Waals surface area contributed by atoms with E-state index in [4.69, 9.17) is 0 Å². The molecule has 0 bridgehead atoms. The first-order valence-corrected chi connectivity index (χ1v) is 8.64. The second kappa shape index (κ2) is 7.25. The monoisotopic (exact) mass is 358 g/mol. The molecule has 1 saturated heterocycles. The van der Waals surface area contributed by atoms with E-state index >= 15 is 0 Å². The maximum atomic E-state index is 14.7. The Morgan fingerprint density at radius 3 is 2.77 bits per heavy atom. The highest BCUT2D eigenvalue weighted by molar-refractivity contribution is 5.75. The Bertz CT molecular complexity index is 873. The van der Waals surface area contributed by atoms with Crippen LogP contribution in [0.15, 0.2) is 47.9 Å². The number of hydrogen-bond donors (Lipinski definition) is 3. The number of hydrogen-bond acceptors (Lipinski definition) is 6. The first-order chi connectivity index (χ1) is 12.7. The largest absolute Gasteiger partial charge is 0.383 e. The average Bonchev–Trinajstić information content (AvgIpc) is 2.68. The third-order valence-corrected chi connectivity index (χ3v) is 4.58. The van der Waals surface area contributed by atoms with Gasteiger partial charge in [-0.15, -0.1) is 0 Å². The molecule has 0 unspecified atom stereocenters. The van der Waals surface area contributed by atoms with Gasteiger partial charge in [0.05, 0.1) is 23.5 Å². The van der Waals surface area contributed by atoms with Gasteiger partial charge in [0.1, 0.15) is 11.3 Å². The average molecular weight is 358 g/mol. The van der Waals surface area contributed by atoms with E-state index in [1.54, 1.807) is 18.3 Å². The summed E-state index contributed by atoms with van der Waals surface area (Å²) in [7, 11) is 0. The number of aromatic nitrogens is 2. The van der Waals surface area contributed by atoms with E-state index < -0.39 is 5.82 Å². The summed E-state index contributed by atoms with van der Waals surface area (Å²) in [6.45, 7) is 3.51. The van der Waals surface area contributed by atoms with Crippen LogP contribution in [0.4, 0.5) is 8.78 Å². The molecule has 136 valence electrons. The van der Waals surface area contributed by atoms with Crippen LogP contribution in [0.2, 0.25) is 0 Å². The number of nitrogens with zero attached hydrogens (tertiary/aromatic N) is 3. The number of halogens is 2. The van der Waals surface area contributed by atoms with E-state index in [0.717, 1.165) is 26.2 Å². The number of fused-ring (bicyclic) bond motifs is 1. The fourth-order valence-corrected chi connectivity index (χ4v) is 3.28. The van der Waals surface area contributed by atoms with Gasteiger partial charge in [-0.25, -0.2) is 13.8 Å². The summed E-state index contributed by atoms with van der Waals surface area (Å²) in [5, 5.41) is 9.35. The summed E-state index contributed by atoms with van der Waals surface area (Å²) >= 11 is 0. The molecule has 0 radical (unpaired) electrons. The van der Waals surface area contributed by atoms with Crippen LogP contribution in [-0.4, -0.2) is 47.6 Å². The normalized spacial score (nSPS) is 17.9. The lowest BCUT2D eigenvalue weighted by Crippen LogP contribution is -2.45. The Hall–Kier alpha value is -2.74. The highest BCUT2D eigenvalue weighted by Gasteiger charge is 2.24. The number of nitrogens with one attached hydrogen (secondary N) is 3. The Morgan fingerprint density at radius 2 is 1.92 bits per heavy atom. The molecule has 1 aromatic heterocycles. The van der Waals surface area contributed by atoms with Gasteiger partial charge in [-0.3, -0.25) is 4.98 Å². The minimum absolute atomic E-state index is 0.171. The molecule has 3 heterocycles. The highest BCUT2D eigenvalue weighted by Crippen LogP contribution is 2.23. The van der Waals surface area contributed by atoms with Crippen LogP contribution in [0.3, 0.4) is 0 Å². The first-order valence-electron chi connectivity index (χ1n) is 8.64. The van der Waals surface area contributed by atoms with Gasteiger partial charge in [-0.05, 0) is 6.07 Å². The smallest absolute Gasteiger partial charge is 0.155 e. The van der Waals surface area contributed by atoms with E-state index in [2.05, 4.69) is 25.9 Å². The third-order valence-electron chi connectivity index (χ3n) is 4.58. The molecule has 2 aliphatic rings. The summed E-state index contributed by atoms with van der Waals surface area (Å²) in [4.78, 5) is 10.2. The number of dihydropyridines is 1. The van der Waals surface area contributed by atoms with Crippen molar-refractivity contribution >= 4 is 11.0 Å². The second-order valence-electron chi connectivity index (χ2n) is 6.25.